The molecule has 3 atom stereocenters. The Balaban J connectivity index is 1.41. The summed E-state index contributed by atoms with van der Waals surface area (Å²) in [5.74, 6) is 0.370. The van der Waals surface area contributed by atoms with Crippen molar-refractivity contribution in [2.45, 2.75) is 57.7 Å². The van der Waals surface area contributed by atoms with Crippen molar-refractivity contribution >= 4 is 16.7 Å². The number of rotatable bonds is 4. The molecule has 1 aromatic carbocycles. The Labute approximate surface area is 158 Å². The number of nitrogens with one attached hydrogen (secondary N) is 3. The number of hydrogen-bond acceptors (Lipinski definition) is 5. The standard InChI is InChI=1S/C20H27N5O2/c1-13-14-7-5-6-8-15(14)20(27)25(24-13)12-19(26)21-11-18-16-9-3-2-4-10-17(16)22-23-18/h5-8,16-18,22-23H,2-4,9-12H2,1H3,(H,21,26). The Hall–Kier alpha value is -2.25. The van der Waals surface area contributed by atoms with E-state index in [1.165, 1.54) is 36.8 Å². The van der Waals surface area contributed by atoms with Crippen LogP contribution in [0, 0.1) is 12.8 Å². The summed E-state index contributed by atoms with van der Waals surface area (Å²) in [6, 6.07) is 8.11. The second-order valence-corrected chi connectivity index (χ2v) is 7.70. The maximum atomic E-state index is 12.6. The summed E-state index contributed by atoms with van der Waals surface area (Å²) in [5.41, 5.74) is 7.26. The van der Waals surface area contributed by atoms with Gasteiger partial charge in [0.25, 0.3) is 5.56 Å². The molecule has 2 heterocycles. The molecule has 3 unspecified atom stereocenters. The van der Waals surface area contributed by atoms with E-state index in [1.54, 1.807) is 6.07 Å². The van der Waals surface area contributed by atoms with Gasteiger partial charge in [-0.2, -0.15) is 5.10 Å². The van der Waals surface area contributed by atoms with Crippen LogP contribution in [0.2, 0.25) is 0 Å². The topological polar surface area (TPSA) is 88.1 Å². The van der Waals surface area contributed by atoms with Gasteiger partial charge in [-0.3, -0.25) is 20.4 Å². The monoisotopic (exact) mass is 369 g/mol. The Bertz CT molecular complexity index is 894. The average Bonchev–Trinajstić information content (AvgIpc) is 2.90. The second-order valence-electron chi connectivity index (χ2n) is 7.70. The number of benzene rings is 1. The van der Waals surface area contributed by atoms with Gasteiger partial charge in [-0.1, -0.05) is 37.5 Å². The van der Waals surface area contributed by atoms with Crippen LogP contribution >= 0.6 is 0 Å². The second kappa shape index (κ2) is 7.78. The average molecular weight is 369 g/mol. The summed E-state index contributed by atoms with van der Waals surface area (Å²) in [5, 5.41) is 8.73. The Morgan fingerprint density at radius 2 is 1.96 bits per heavy atom. The van der Waals surface area contributed by atoms with Crippen molar-refractivity contribution in [3.8, 4) is 0 Å². The molecule has 0 spiro atoms. The lowest BCUT2D eigenvalue weighted by molar-refractivity contribution is -0.122. The fourth-order valence-electron chi connectivity index (χ4n) is 4.45. The SMILES string of the molecule is Cc1nn(CC(=O)NCC2NNC3CCCCCC32)c(=O)c2ccccc12. The summed E-state index contributed by atoms with van der Waals surface area (Å²) in [7, 11) is 0. The molecule has 27 heavy (non-hydrogen) atoms. The lowest BCUT2D eigenvalue weighted by atomic mass is 9.90. The molecule has 2 aliphatic rings. The van der Waals surface area contributed by atoms with Crippen molar-refractivity contribution in [2.75, 3.05) is 6.54 Å². The minimum absolute atomic E-state index is 0.0568. The van der Waals surface area contributed by atoms with Gasteiger partial charge in [-0.25, -0.2) is 4.68 Å². The number of hydrazine groups is 1. The van der Waals surface area contributed by atoms with E-state index in [9.17, 15) is 9.59 Å². The molecule has 1 aromatic heterocycles. The van der Waals surface area contributed by atoms with Crippen molar-refractivity contribution in [3.05, 3.63) is 40.3 Å². The summed E-state index contributed by atoms with van der Waals surface area (Å²) >= 11 is 0. The molecule has 4 rings (SSSR count). The first kappa shape index (κ1) is 18.1. The van der Waals surface area contributed by atoms with E-state index in [2.05, 4.69) is 21.3 Å². The van der Waals surface area contributed by atoms with Gasteiger partial charge in [0.05, 0.1) is 11.1 Å². The first-order chi connectivity index (χ1) is 13.1. The molecule has 2 aromatic rings. The minimum atomic E-state index is -0.226. The number of nitrogens with zero attached hydrogens (tertiary/aromatic N) is 2. The fourth-order valence-corrected chi connectivity index (χ4v) is 4.45. The van der Waals surface area contributed by atoms with E-state index in [-0.39, 0.29) is 24.1 Å². The third-order valence-electron chi connectivity index (χ3n) is 5.91. The molecule has 0 bridgehead atoms. The van der Waals surface area contributed by atoms with Crippen LogP contribution < -0.4 is 21.7 Å². The van der Waals surface area contributed by atoms with Crippen LogP contribution in [-0.2, 0) is 11.3 Å². The Kier molecular flexibility index (Phi) is 5.22. The first-order valence-electron chi connectivity index (χ1n) is 9.87. The molecule has 1 saturated carbocycles. The van der Waals surface area contributed by atoms with Gasteiger partial charge in [-0.15, -0.1) is 0 Å². The van der Waals surface area contributed by atoms with Crippen LogP contribution in [0.25, 0.3) is 10.8 Å². The molecule has 7 heteroatoms. The Morgan fingerprint density at radius 1 is 1.19 bits per heavy atom. The number of fused-ring (bicyclic) bond motifs is 2. The quantitative estimate of drug-likeness (QED) is 0.755. The van der Waals surface area contributed by atoms with Gasteiger partial charge in [0.2, 0.25) is 5.91 Å². The molecule has 7 nitrogen and oxygen atoms in total. The van der Waals surface area contributed by atoms with E-state index >= 15 is 0 Å². The summed E-state index contributed by atoms with van der Waals surface area (Å²) in [6.45, 7) is 2.36. The zero-order valence-electron chi connectivity index (χ0n) is 15.7. The number of carbonyl (C=O) groups excluding carboxylic acids is 1. The molecule has 1 amide bonds. The van der Waals surface area contributed by atoms with Crippen molar-refractivity contribution in [2.24, 2.45) is 5.92 Å². The van der Waals surface area contributed by atoms with Crippen molar-refractivity contribution in [1.82, 2.24) is 25.9 Å². The van der Waals surface area contributed by atoms with Crippen LogP contribution in [0.3, 0.4) is 0 Å². The maximum Gasteiger partial charge on any atom is 0.275 e. The molecule has 2 fully saturated rings. The van der Waals surface area contributed by atoms with Gasteiger partial charge < -0.3 is 5.32 Å². The number of amides is 1. The van der Waals surface area contributed by atoms with Gasteiger partial charge in [0.1, 0.15) is 6.54 Å². The summed E-state index contributed by atoms with van der Waals surface area (Å²) in [6.07, 6.45) is 6.20. The van der Waals surface area contributed by atoms with E-state index in [4.69, 9.17) is 0 Å². The van der Waals surface area contributed by atoms with Gasteiger partial charge in [0, 0.05) is 24.0 Å². The normalized spacial score (nSPS) is 25.1. The fraction of sp³-hybridized carbons (Fsp3) is 0.550. The molecule has 0 radical (unpaired) electrons. The van der Waals surface area contributed by atoms with Gasteiger partial charge in [-0.05, 0) is 31.7 Å². The lowest BCUT2D eigenvalue weighted by Crippen LogP contribution is -2.44. The smallest absolute Gasteiger partial charge is 0.275 e. The maximum absolute atomic E-state index is 12.6. The molecule has 1 saturated heterocycles. The predicted molar refractivity (Wildman–Crippen MR) is 104 cm³/mol. The van der Waals surface area contributed by atoms with Crippen LogP contribution in [0.4, 0.5) is 0 Å². The summed E-state index contributed by atoms with van der Waals surface area (Å²) < 4.78 is 1.27. The van der Waals surface area contributed by atoms with Crippen LogP contribution in [-0.4, -0.2) is 34.3 Å². The van der Waals surface area contributed by atoms with Crippen molar-refractivity contribution in [1.29, 1.82) is 0 Å². The van der Waals surface area contributed by atoms with Crippen molar-refractivity contribution < 1.29 is 4.79 Å². The third kappa shape index (κ3) is 3.75. The number of aryl methyl sites for hydroxylation is 1. The van der Waals surface area contributed by atoms with E-state index in [0.29, 0.717) is 23.9 Å². The highest BCUT2D eigenvalue weighted by molar-refractivity contribution is 5.83. The number of carbonyl (C=O) groups is 1. The van der Waals surface area contributed by atoms with Gasteiger partial charge in [0.15, 0.2) is 0 Å². The molecule has 144 valence electrons. The van der Waals surface area contributed by atoms with E-state index < -0.39 is 0 Å². The van der Waals surface area contributed by atoms with Crippen LogP contribution in [0.5, 0.6) is 0 Å². The van der Waals surface area contributed by atoms with Crippen LogP contribution in [0.1, 0.15) is 37.8 Å². The highest BCUT2D eigenvalue weighted by Crippen LogP contribution is 2.28. The van der Waals surface area contributed by atoms with E-state index in [1.807, 2.05) is 25.1 Å². The summed E-state index contributed by atoms with van der Waals surface area (Å²) in [4.78, 5) is 25.0. The highest BCUT2D eigenvalue weighted by Gasteiger charge is 2.36. The number of aromatic nitrogens is 2. The third-order valence-corrected chi connectivity index (χ3v) is 5.91. The Morgan fingerprint density at radius 3 is 2.81 bits per heavy atom. The molecular weight excluding hydrogens is 342 g/mol. The molecule has 1 aliphatic heterocycles. The molecular formula is C20H27N5O2. The van der Waals surface area contributed by atoms with E-state index in [0.717, 1.165) is 11.1 Å². The largest absolute Gasteiger partial charge is 0.353 e. The number of hydrogen-bond donors (Lipinski definition) is 3. The van der Waals surface area contributed by atoms with Gasteiger partial charge >= 0.3 is 0 Å². The molecule has 3 N–H and O–H groups in total. The predicted octanol–water partition coefficient (Wildman–Crippen LogP) is 1.25. The van der Waals surface area contributed by atoms with Crippen molar-refractivity contribution in [3.63, 3.8) is 0 Å². The molecule has 1 aliphatic carbocycles. The van der Waals surface area contributed by atoms with Crippen LogP contribution in [0.15, 0.2) is 29.1 Å². The first-order valence-corrected chi connectivity index (χ1v) is 9.87. The lowest BCUT2D eigenvalue weighted by Gasteiger charge is -2.21. The zero-order chi connectivity index (χ0) is 18.8. The minimum Gasteiger partial charge on any atom is -0.353 e. The zero-order valence-corrected chi connectivity index (χ0v) is 15.7. The highest BCUT2D eigenvalue weighted by atomic mass is 16.2.